The van der Waals surface area contributed by atoms with E-state index in [0.717, 1.165) is 18.4 Å². The van der Waals surface area contributed by atoms with Gasteiger partial charge in [-0.1, -0.05) is 45.0 Å². The number of carbonyl (C=O) groups excluding carboxylic acids is 3. The van der Waals surface area contributed by atoms with Crippen molar-refractivity contribution >= 4 is 35.0 Å². The Morgan fingerprint density at radius 3 is 2.38 bits per heavy atom. The monoisotopic (exact) mass is 572 g/mol. The lowest BCUT2D eigenvalue weighted by Gasteiger charge is -2.34. The lowest BCUT2D eigenvalue weighted by molar-refractivity contribution is 0.0601. The highest BCUT2D eigenvalue weighted by molar-refractivity contribution is 6.05. The van der Waals surface area contributed by atoms with Crippen LogP contribution in [-0.4, -0.2) is 55.7 Å². The first-order valence-electron chi connectivity index (χ1n) is 14.3. The maximum atomic E-state index is 13.1. The van der Waals surface area contributed by atoms with Gasteiger partial charge in [-0.25, -0.2) is 9.59 Å². The topological polar surface area (TPSA) is 109 Å². The molecule has 1 unspecified atom stereocenters. The number of carbonyl (C=O) groups is 3. The average Bonchev–Trinajstić information content (AvgIpc) is 2.98. The van der Waals surface area contributed by atoms with Crippen molar-refractivity contribution in [2.45, 2.75) is 52.0 Å². The quantitative estimate of drug-likeness (QED) is 0.265. The Labute approximate surface area is 247 Å². The molecule has 0 saturated carbocycles. The van der Waals surface area contributed by atoms with E-state index in [1.807, 2.05) is 55.5 Å². The largest absolute Gasteiger partial charge is 0.492 e. The van der Waals surface area contributed by atoms with Crippen LogP contribution in [0.1, 0.15) is 66.8 Å². The van der Waals surface area contributed by atoms with Crippen LogP contribution in [0.4, 0.5) is 21.9 Å². The number of hydrogen-bond acceptors (Lipinski definition) is 6. The number of ether oxygens (including phenoxy) is 2. The Morgan fingerprint density at radius 2 is 1.69 bits per heavy atom. The third kappa shape index (κ3) is 7.60. The van der Waals surface area contributed by atoms with Crippen molar-refractivity contribution in [2.75, 3.05) is 42.8 Å². The average molecular weight is 573 g/mol. The maximum absolute atomic E-state index is 13.1. The molecular weight excluding hydrogens is 532 g/mol. The molecule has 222 valence electrons. The van der Waals surface area contributed by atoms with Gasteiger partial charge in [0.05, 0.1) is 30.7 Å². The highest BCUT2D eigenvalue weighted by atomic mass is 16.5. The maximum Gasteiger partial charge on any atom is 0.339 e. The van der Waals surface area contributed by atoms with E-state index < -0.39 is 5.97 Å². The number of piperidine rings is 1. The summed E-state index contributed by atoms with van der Waals surface area (Å²) in [5.74, 6) is -0.127. The molecule has 9 heteroatoms. The van der Waals surface area contributed by atoms with Crippen molar-refractivity contribution in [2.24, 2.45) is 0 Å². The standard InChI is InChI=1S/C33H40N4O5/c1-6-42-29-12-8-7-11-27(29)36-32(40)37-19-9-10-25(21-37)34-28-20-24(17-18-26(28)31(39)41-5)35-30(38)22-13-15-23(16-14-22)33(2,3)4/h7-8,11-18,20,25,34H,6,9-10,19,21H2,1-5H3,(H,35,38)(H,36,40). The summed E-state index contributed by atoms with van der Waals surface area (Å²) in [5, 5.41) is 9.31. The minimum Gasteiger partial charge on any atom is -0.492 e. The second-order valence-corrected chi connectivity index (χ2v) is 11.3. The first kappa shape index (κ1) is 30.4. The van der Waals surface area contributed by atoms with Gasteiger partial charge in [-0.05, 0) is 73.2 Å². The Bertz CT molecular complexity index is 1410. The van der Waals surface area contributed by atoms with Gasteiger partial charge in [0, 0.05) is 30.4 Å². The Kier molecular flexibility index (Phi) is 9.72. The fraction of sp³-hybridized carbons (Fsp3) is 0.364. The molecule has 1 heterocycles. The molecule has 0 spiro atoms. The molecule has 4 rings (SSSR count). The summed E-state index contributed by atoms with van der Waals surface area (Å²) < 4.78 is 10.6. The fourth-order valence-electron chi connectivity index (χ4n) is 4.90. The number of likely N-dealkylation sites (tertiary alicyclic amines) is 1. The summed E-state index contributed by atoms with van der Waals surface area (Å²) in [4.78, 5) is 40.5. The van der Waals surface area contributed by atoms with Crippen molar-refractivity contribution in [1.29, 1.82) is 0 Å². The van der Waals surface area contributed by atoms with Gasteiger partial charge in [0.2, 0.25) is 0 Å². The molecule has 0 aliphatic carbocycles. The van der Waals surface area contributed by atoms with Crippen molar-refractivity contribution in [3.05, 3.63) is 83.4 Å². The third-order valence-electron chi connectivity index (χ3n) is 7.19. The van der Waals surface area contributed by atoms with Crippen LogP contribution in [-0.2, 0) is 10.2 Å². The number of anilines is 3. The number of hydrogen-bond donors (Lipinski definition) is 3. The minimum absolute atomic E-state index is 0.0113. The summed E-state index contributed by atoms with van der Waals surface area (Å²) >= 11 is 0. The van der Waals surface area contributed by atoms with Crippen LogP contribution < -0.4 is 20.7 Å². The number of benzene rings is 3. The van der Waals surface area contributed by atoms with Gasteiger partial charge in [0.15, 0.2) is 0 Å². The highest BCUT2D eigenvalue weighted by Gasteiger charge is 2.26. The minimum atomic E-state index is -0.494. The van der Waals surface area contributed by atoms with Crippen LogP contribution in [0.2, 0.25) is 0 Å². The molecule has 0 bridgehead atoms. The predicted molar refractivity (Wildman–Crippen MR) is 166 cm³/mol. The van der Waals surface area contributed by atoms with Crippen LogP contribution in [0.15, 0.2) is 66.7 Å². The molecule has 0 aromatic heterocycles. The summed E-state index contributed by atoms with van der Waals surface area (Å²) in [5.41, 5.74) is 3.68. The normalized spacial score (nSPS) is 15.0. The van der Waals surface area contributed by atoms with Gasteiger partial charge in [0.1, 0.15) is 5.75 Å². The Hall–Kier alpha value is -4.53. The van der Waals surface area contributed by atoms with E-state index in [-0.39, 0.29) is 23.4 Å². The van der Waals surface area contributed by atoms with E-state index in [4.69, 9.17) is 9.47 Å². The third-order valence-corrected chi connectivity index (χ3v) is 7.19. The van der Waals surface area contributed by atoms with Gasteiger partial charge < -0.3 is 30.3 Å². The van der Waals surface area contributed by atoms with Crippen molar-refractivity contribution in [3.63, 3.8) is 0 Å². The molecule has 9 nitrogen and oxygen atoms in total. The number of methoxy groups -OCH3 is 1. The smallest absolute Gasteiger partial charge is 0.339 e. The molecule has 1 saturated heterocycles. The summed E-state index contributed by atoms with van der Waals surface area (Å²) in [6.07, 6.45) is 1.59. The number of esters is 1. The SMILES string of the molecule is CCOc1ccccc1NC(=O)N1CCCC(Nc2cc(NC(=O)c3ccc(C(C)(C)C)cc3)ccc2C(=O)OC)C1. The number of urea groups is 1. The zero-order valence-corrected chi connectivity index (χ0v) is 25.0. The van der Waals surface area contributed by atoms with Gasteiger partial charge >= 0.3 is 12.0 Å². The van der Waals surface area contributed by atoms with Gasteiger partial charge in [0.25, 0.3) is 5.91 Å². The number of rotatable bonds is 8. The van der Waals surface area contributed by atoms with E-state index >= 15 is 0 Å². The number of para-hydroxylation sites is 2. The molecule has 3 amide bonds. The van der Waals surface area contributed by atoms with Gasteiger partial charge in [-0.15, -0.1) is 0 Å². The van der Waals surface area contributed by atoms with E-state index in [0.29, 0.717) is 53.6 Å². The van der Waals surface area contributed by atoms with E-state index in [1.54, 1.807) is 23.1 Å². The van der Waals surface area contributed by atoms with E-state index in [9.17, 15) is 14.4 Å². The Morgan fingerprint density at radius 1 is 0.952 bits per heavy atom. The summed E-state index contributed by atoms with van der Waals surface area (Å²) in [7, 11) is 1.33. The van der Waals surface area contributed by atoms with E-state index in [1.165, 1.54) is 7.11 Å². The van der Waals surface area contributed by atoms with Crippen LogP contribution in [0.5, 0.6) is 5.75 Å². The first-order chi connectivity index (χ1) is 20.1. The summed E-state index contributed by atoms with van der Waals surface area (Å²) in [6, 6.07) is 19.6. The molecule has 1 aliphatic heterocycles. The molecule has 1 fully saturated rings. The molecule has 3 aromatic carbocycles. The number of nitrogens with one attached hydrogen (secondary N) is 3. The predicted octanol–water partition coefficient (Wildman–Crippen LogP) is 6.53. The summed E-state index contributed by atoms with van der Waals surface area (Å²) in [6.45, 7) is 9.80. The molecule has 1 aliphatic rings. The van der Waals surface area contributed by atoms with Crippen LogP contribution in [0.25, 0.3) is 0 Å². The highest BCUT2D eigenvalue weighted by Crippen LogP contribution is 2.28. The lowest BCUT2D eigenvalue weighted by Crippen LogP contribution is -2.47. The molecule has 1 atom stereocenters. The molecule has 42 heavy (non-hydrogen) atoms. The van der Waals surface area contributed by atoms with Crippen LogP contribution >= 0.6 is 0 Å². The fourth-order valence-corrected chi connectivity index (χ4v) is 4.90. The molecular formula is C33H40N4O5. The zero-order chi connectivity index (χ0) is 30.3. The number of nitrogens with zero attached hydrogens (tertiary/aromatic N) is 1. The van der Waals surface area contributed by atoms with Gasteiger partial charge in [-0.2, -0.15) is 0 Å². The second kappa shape index (κ2) is 13.4. The zero-order valence-electron chi connectivity index (χ0n) is 25.0. The van der Waals surface area contributed by atoms with Crippen LogP contribution in [0.3, 0.4) is 0 Å². The van der Waals surface area contributed by atoms with Gasteiger partial charge in [-0.3, -0.25) is 4.79 Å². The van der Waals surface area contributed by atoms with Crippen molar-refractivity contribution in [3.8, 4) is 5.75 Å². The van der Waals surface area contributed by atoms with Crippen LogP contribution in [0, 0.1) is 0 Å². The van der Waals surface area contributed by atoms with E-state index in [2.05, 4.69) is 36.7 Å². The Balaban J connectivity index is 1.47. The molecule has 3 aromatic rings. The first-order valence-corrected chi connectivity index (χ1v) is 14.3. The lowest BCUT2D eigenvalue weighted by atomic mass is 9.87. The molecule has 3 N–H and O–H groups in total. The van der Waals surface area contributed by atoms with Crippen molar-refractivity contribution in [1.82, 2.24) is 4.90 Å². The van der Waals surface area contributed by atoms with Crippen molar-refractivity contribution < 1.29 is 23.9 Å². The number of amides is 3. The second-order valence-electron chi connectivity index (χ2n) is 11.3. The molecule has 0 radical (unpaired) electrons.